The van der Waals surface area contributed by atoms with E-state index in [-0.39, 0.29) is 18.1 Å². The molecule has 5 heteroatoms. The van der Waals surface area contributed by atoms with Crippen LogP contribution in [0.25, 0.3) is 0 Å². The minimum absolute atomic E-state index is 0.0231. The zero-order chi connectivity index (χ0) is 15.2. The Morgan fingerprint density at radius 3 is 2.67 bits per heavy atom. The van der Waals surface area contributed by atoms with Crippen LogP contribution in [0.4, 0.5) is 0 Å². The maximum atomic E-state index is 12.3. The molecule has 0 aliphatic carbocycles. The number of amides is 1. The first kappa shape index (κ1) is 16.3. The van der Waals surface area contributed by atoms with Gasteiger partial charge in [0.2, 0.25) is 5.91 Å². The van der Waals surface area contributed by atoms with E-state index in [9.17, 15) is 4.79 Å². The minimum atomic E-state index is -0.123. The van der Waals surface area contributed by atoms with Crippen LogP contribution >= 0.6 is 11.8 Å². The van der Waals surface area contributed by atoms with Crippen molar-refractivity contribution in [1.82, 2.24) is 10.2 Å². The van der Waals surface area contributed by atoms with Crippen LogP contribution in [-0.2, 0) is 9.53 Å². The molecule has 0 radical (unpaired) electrons. The molecule has 116 valence electrons. The van der Waals surface area contributed by atoms with E-state index in [4.69, 9.17) is 4.74 Å². The highest BCUT2D eigenvalue weighted by molar-refractivity contribution is 7.98. The topological polar surface area (TPSA) is 41.6 Å². The fourth-order valence-electron chi connectivity index (χ4n) is 2.56. The first-order valence-corrected chi connectivity index (χ1v) is 8.68. The second kappa shape index (κ2) is 7.82. The van der Waals surface area contributed by atoms with Gasteiger partial charge in [0.1, 0.15) is 6.17 Å². The summed E-state index contributed by atoms with van der Waals surface area (Å²) >= 11 is 1.72. The molecule has 0 saturated carbocycles. The predicted octanol–water partition coefficient (Wildman–Crippen LogP) is 2.65. The Labute approximate surface area is 131 Å². The van der Waals surface area contributed by atoms with Crippen LogP contribution in [-0.4, -0.2) is 42.9 Å². The third-order valence-electron chi connectivity index (χ3n) is 3.70. The van der Waals surface area contributed by atoms with E-state index < -0.39 is 0 Å². The lowest BCUT2D eigenvalue weighted by atomic mass is 10.1. The van der Waals surface area contributed by atoms with Gasteiger partial charge in [-0.05, 0) is 44.2 Å². The molecule has 2 rings (SSSR count). The number of carbonyl (C=O) groups excluding carboxylic acids is 1. The van der Waals surface area contributed by atoms with Crippen molar-refractivity contribution < 1.29 is 9.53 Å². The first-order valence-electron chi connectivity index (χ1n) is 7.45. The molecule has 4 nitrogen and oxygen atoms in total. The van der Waals surface area contributed by atoms with Crippen molar-refractivity contribution in [2.24, 2.45) is 0 Å². The summed E-state index contributed by atoms with van der Waals surface area (Å²) in [7, 11) is 0. The smallest absolute Gasteiger partial charge is 0.241 e. The van der Waals surface area contributed by atoms with Gasteiger partial charge < -0.3 is 9.64 Å². The van der Waals surface area contributed by atoms with Gasteiger partial charge >= 0.3 is 0 Å². The Kier molecular flexibility index (Phi) is 6.08. The van der Waals surface area contributed by atoms with Crippen molar-refractivity contribution >= 4 is 17.7 Å². The van der Waals surface area contributed by atoms with Crippen molar-refractivity contribution in [3.63, 3.8) is 0 Å². The summed E-state index contributed by atoms with van der Waals surface area (Å²) < 4.78 is 5.37. The number of hydrogen-bond acceptors (Lipinski definition) is 4. The molecule has 2 unspecified atom stereocenters. The second-order valence-electron chi connectivity index (χ2n) is 5.15. The van der Waals surface area contributed by atoms with E-state index in [2.05, 4.69) is 35.8 Å². The fraction of sp³-hybridized carbons (Fsp3) is 0.562. The molecule has 1 heterocycles. The molecule has 1 aromatic carbocycles. The van der Waals surface area contributed by atoms with E-state index in [1.807, 2.05) is 18.7 Å². The fourth-order valence-corrected chi connectivity index (χ4v) is 2.97. The summed E-state index contributed by atoms with van der Waals surface area (Å²) in [4.78, 5) is 15.5. The number of ether oxygens (including phenoxy) is 1. The average molecular weight is 308 g/mol. The molecule has 1 aliphatic heterocycles. The van der Waals surface area contributed by atoms with Crippen LogP contribution in [0.2, 0.25) is 0 Å². The molecule has 0 spiro atoms. The molecule has 1 aliphatic rings. The monoisotopic (exact) mass is 308 g/mol. The SMILES string of the molecule is CCOCCCN1C(=O)C(C)NC1c1ccc(SC)cc1. The molecule has 1 amide bonds. The van der Waals surface area contributed by atoms with E-state index in [1.54, 1.807) is 11.8 Å². The third-order valence-corrected chi connectivity index (χ3v) is 4.44. The Balaban J connectivity index is 2.05. The molecule has 1 N–H and O–H groups in total. The van der Waals surface area contributed by atoms with Crippen molar-refractivity contribution in [3.05, 3.63) is 29.8 Å². The standard InChI is InChI=1S/C16H24N2O2S/c1-4-20-11-5-10-18-15(17-12(2)16(18)19)13-6-8-14(21-3)9-7-13/h6-9,12,15,17H,4-5,10-11H2,1-3H3. The molecule has 1 saturated heterocycles. The van der Waals surface area contributed by atoms with E-state index in [0.29, 0.717) is 6.61 Å². The van der Waals surface area contributed by atoms with E-state index >= 15 is 0 Å². The van der Waals surface area contributed by atoms with Crippen LogP contribution in [0.5, 0.6) is 0 Å². The lowest BCUT2D eigenvalue weighted by molar-refractivity contribution is -0.130. The summed E-state index contributed by atoms with van der Waals surface area (Å²) in [6, 6.07) is 8.29. The number of carbonyl (C=O) groups is 1. The Morgan fingerprint density at radius 2 is 2.05 bits per heavy atom. The number of hydrogen-bond donors (Lipinski definition) is 1. The maximum absolute atomic E-state index is 12.3. The molecule has 0 aromatic heterocycles. The van der Waals surface area contributed by atoms with Crippen LogP contribution in [0.15, 0.2) is 29.2 Å². The molecule has 0 bridgehead atoms. The number of nitrogens with zero attached hydrogens (tertiary/aromatic N) is 1. The average Bonchev–Trinajstić information content (AvgIpc) is 2.80. The van der Waals surface area contributed by atoms with Gasteiger partial charge in [-0.3, -0.25) is 10.1 Å². The molecule has 1 aromatic rings. The van der Waals surface area contributed by atoms with Crippen molar-refractivity contribution in [3.8, 4) is 0 Å². The molecule has 2 atom stereocenters. The van der Waals surface area contributed by atoms with Crippen LogP contribution in [0.1, 0.15) is 32.0 Å². The molecule has 21 heavy (non-hydrogen) atoms. The predicted molar refractivity (Wildman–Crippen MR) is 86.4 cm³/mol. The van der Waals surface area contributed by atoms with Gasteiger partial charge in [0, 0.05) is 24.7 Å². The van der Waals surface area contributed by atoms with Crippen molar-refractivity contribution in [1.29, 1.82) is 0 Å². The Hall–Kier alpha value is -1.04. The van der Waals surface area contributed by atoms with Crippen molar-refractivity contribution in [2.75, 3.05) is 26.0 Å². The Bertz CT molecular complexity index is 464. The van der Waals surface area contributed by atoms with Crippen molar-refractivity contribution in [2.45, 2.75) is 37.4 Å². The van der Waals surface area contributed by atoms with Gasteiger partial charge in [-0.2, -0.15) is 0 Å². The number of thioether (sulfide) groups is 1. The summed E-state index contributed by atoms with van der Waals surface area (Å²) in [5, 5.41) is 3.38. The molecular formula is C16H24N2O2S. The van der Waals surface area contributed by atoms with Crippen LogP contribution in [0, 0.1) is 0 Å². The summed E-state index contributed by atoms with van der Waals surface area (Å²) in [6.45, 7) is 6.06. The molecule has 1 fully saturated rings. The molecular weight excluding hydrogens is 284 g/mol. The van der Waals surface area contributed by atoms with Crippen LogP contribution in [0.3, 0.4) is 0 Å². The van der Waals surface area contributed by atoms with Gasteiger partial charge in [0.05, 0.1) is 6.04 Å². The Morgan fingerprint density at radius 1 is 1.33 bits per heavy atom. The van der Waals surface area contributed by atoms with Gasteiger partial charge in [-0.15, -0.1) is 11.8 Å². The van der Waals surface area contributed by atoms with Gasteiger partial charge in [-0.25, -0.2) is 0 Å². The highest BCUT2D eigenvalue weighted by Gasteiger charge is 2.36. The third kappa shape index (κ3) is 3.99. The zero-order valence-corrected chi connectivity index (χ0v) is 13.8. The lowest BCUT2D eigenvalue weighted by Gasteiger charge is -2.24. The summed E-state index contributed by atoms with van der Waals surface area (Å²) in [6.07, 6.45) is 2.91. The van der Waals surface area contributed by atoms with Gasteiger partial charge in [0.25, 0.3) is 0 Å². The maximum Gasteiger partial charge on any atom is 0.241 e. The highest BCUT2D eigenvalue weighted by atomic mass is 32.2. The zero-order valence-electron chi connectivity index (χ0n) is 13.0. The van der Waals surface area contributed by atoms with Crippen LogP contribution < -0.4 is 5.32 Å². The number of rotatable bonds is 7. The van der Waals surface area contributed by atoms with E-state index in [1.165, 1.54) is 4.90 Å². The quantitative estimate of drug-likeness (QED) is 0.621. The minimum Gasteiger partial charge on any atom is -0.382 e. The van der Waals surface area contributed by atoms with E-state index in [0.717, 1.165) is 25.1 Å². The largest absolute Gasteiger partial charge is 0.382 e. The number of nitrogens with one attached hydrogen (secondary N) is 1. The highest BCUT2D eigenvalue weighted by Crippen LogP contribution is 2.27. The lowest BCUT2D eigenvalue weighted by Crippen LogP contribution is -2.32. The van der Waals surface area contributed by atoms with Gasteiger partial charge in [-0.1, -0.05) is 12.1 Å². The summed E-state index contributed by atoms with van der Waals surface area (Å²) in [5.41, 5.74) is 1.14. The normalized spacial score (nSPS) is 22.0. The number of benzene rings is 1. The summed E-state index contributed by atoms with van der Waals surface area (Å²) in [5.74, 6) is 0.172. The second-order valence-corrected chi connectivity index (χ2v) is 6.03. The van der Waals surface area contributed by atoms with Gasteiger partial charge in [0.15, 0.2) is 0 Å². The first-order chi connectivity index (χ1) is 10.2.